The number of hydrogen-bond acceptors (Lipinski definition) is 6. The predicted molar refractivity (Wildman–Crippen MR) is 81.0 cm³/mol. The molecule has 2 rings (SSSR count). The number of aromatic nitrogens is 1. The molecular formula is C14H17N3O2S. The molecule has 106 valence electrons. The minimum atomic E-state index is -0.440. The zero-order valence-corrected chi connectivity index (χ0v) is 12.3. The molecule has 0 fully saturated rings. The molecule has 0 bridgehead atoms. The summed E-state index contributed by atoms with van der Waals surface area (Å²) in [5.74, 6) is -0.231. The van der Waals surface area contributed by atoms with E-state index >= 15 is 0 Å². The van der Waals surface area contributed by atoms with Gasteiger partial charge < -0.3 is 15.8 Å². The summed E-state index contributed by atoms with van der Waals surface area (Å²) in [5.41, 5.74) is 8.38. The van der Waals surface area contributed by atoms with Gasteiger partial charge in [-0.15, -0.1) is 0 Å². The van der Waals surface area contributed by atoms with E-state index in [9.17, 15) is 4.79 Å². The molecule has 1 aromatic carbocycles. The van der Waals surface area contributed by atoms with Crippen LogP contribution in [0.1, 0.15) is 28.4 Å². The van der Waals surface area contributed by atoms with Crippen LogP contribution in [0.15, 0.2) is 24.3 Å². The lowest BCUT2D eigenvalue weighted by atomic mass is 10.1. The van der Waals surface area contributed by atoms with Crippen molar-refractivity contribution in [1.82, 2.24) is 4.37 Å². The van der Waals surface area contributed by atoms with Crippen LogP contribution in [0.5, 0.6) is 0 Å². The molecule has 0 aliphatic heterocycles. The van der Waals surface area contributed by atoms with Crippen LogP contribution in [-0.2, 0) is 11.3 Å². The number of carbonyl (C=O) groups is 1. The predicted octanol–water partition coefficient (Wildman–Crippen LogP) is 2.82. The summed E-state index contributed by atoms with van der Waals surface area (Å²) in [6, 6.07) is 8.17. The van der Waals surface area contributed by atoms with Gasteiger partial charge in [-0.1, -0.05) is 29.8 Å². The van der Waals surface area contributed by atoms with Crippen molar-refractivity contribution in [2.75, 3.05) is 17.7 Å². The largest absolute Gasteiger partial charge is 0.462 e. The summed E-state index contributed by atoms with van der Waals surface area (Å²) in [5, 5.41) is 3.82. The first-order chi connectivity index (χ1) is 9.61. The maximum atomic E-state index is 11.8. The molecule has 0 unspecified atom stereocenters. The Balaban J connectivity index is 2.10. The van der Waals surface area contributed by atoms with Crippen LogP contribution in [-0.4, -0.2) is 16.9 Å². The van der Waals surface area contributed by atoms with E-state index in [2.05, 4.69) is 9.69 Å². The molecule has 20 heavy (non-hydrogen) atoms. The molecule has 1 aromatic heterocycles. The summed E-state index contributed by atoms with van der Waals surface area (Å²) < 4.78 is 8.99. The van der Waals surface area contributed by atoms with Gasteiger partial charge in [-0.3, -0.25) is 0 Å². The van der Waals surface area contributed by atoms with Gasteiger partial charge >= 0.3 is 5.97 Å². The molecule has 1 heterocycles. The lowest BCUT2D eigenvalue weighted by molar-refractivity contribution is 0.0529. The van der Waals surface area contributed by atoms with Gasteiger partial charge in [-0.25, -0.2) is 4.79 Å². The van der Waals surface area contributed by atoms with Gasteiger partial charge in [-0.2, -0.15) is 4.37 Å². The fourth-order valence-corrected chi connectivity index (χ4v) is 2.41. The standard InChI is InChI=1S/C14H17N3O2S/c1-3-19-14(18)11-12(15)17-20-13(11)16-8-10-6-4-9(2)5-7-10/h4-7,16H,3,8H2,1-2H3,(H2,15,17). The fraction of sp³-hybridized carbons (Fsp3) is 0.286. The van der Waals surface area contributed by atoms with Crippen LogP contribution in [0.25, 0.3) is 0 Å². The molecular weight excluding hydrogens is 274 g/mol. The molecule has 0 saturated heterocycles. The van der Waals surface area contributed by atoms with Crippen LogP contribution in [0.2, 0.25) is 0 Å². The maximum absolute atomic E-state index is 11.8. The Labute approximate surface area is 121 Å². The number of aryl methyl sites for hydroxylation is 1. The first-order valence-corrected chi connectivity index (χ1v) is 7.10. The third-order valence-electron chi connectivity index (χ3n) is 2.77. The molecule has 2 aromatic rings. The Morgan fingerprint density at radius 2 is 2.10 bits per heavy atom. The van der Waals surface area contributed by atoms with Crippen molar-refractivity contribution < 1.29 is 9.53 Å². The number of esters is 1. The van der Waals surface area contributed by atoms with E-state index in [1.165, 1.54) is 17.1 Å². The normalized spacial score (nSPS) is 10.3. The average Bonchev–Trinajstić information content (AvgIpc) is 2.79. The number of nitrogens with two attached hydrogens (primary N) is 1. The minimum Gasteiger partial charge on any atom is -0.462 e. The lowest BCUT2D eigenvalue weighted by Crippen LogP contribution is -2.10. The molecule has 0 amide bonds. The number of rotatable bonds is 5. The fourth-order valence-electron chi connectivity index (χ4n) is 1.71. The van der Waals surface area contributed by atoms with Crippen molar-refractivity contribution in [2.45, 2.75) is 20.4 Å². The molecule has 0 aliphatic carbocycles. The number of hydrogen-bond donors (Lipinski definition) is 2. The van der Waals surface area contributed by atoms with Crippen molar-refractivity contribution in [1.29, 1.82) is 0 Å². The van der Waals surface area contributed by atoms with Crippen LogP contribution in [0.4, 0.5) is 10.8 Å². The van der Waals surface area contributed by atoms with Gasteiger partial charge in [0.25, 0.3) is 0 Å². The summed E-state index contributed by atoms with van der Waals surface area (Å²) in [4.78, 5) is 11.8. The van der Waals surface area contributed by atoms with Crippen LogP contribution < -0.4 is 11.1 Å². The Morgan fingerprint density at radius 3 is 2.75 bits per heavy atom. The Kier molecular flexibility index (Phi) is 4.57. The Hall–Kier alpha value is -2.08. The zero-order valence-electron chi connectivity index (χ0n) is 11.5. The van der Waals surface area contributed by atoms with Crippen molar-refractivity contribution >= 4 is 28.3 Å². The zero-order chi connectivity index (χ0) is 14.5. The number of carbonyl (C=O) groups excluding carboxylic acids is 1. The summed E-state index contributed by atoms with van der Waals surface area (Å²) in [6.07, 6.45) is 0. The van der Waals surface area contributed by atoms with E-state index in [4.69, 9.17) is 10.5 Å². The Bertz CT molecular complexity index is 593. The summed E-state index contributed by atoms with van der Waals surface area (Å²) >= 11 is 1.17. The topological polar surface area (TPSA) is 77.2 Å². The highest BCUT2D eigenvalue weighted by atomic mass is 32.1. The van der Waals surface area contributed by atoms with Gasteiger partial charge in [0.1, 0.15) is 10.6 Å². The number of ether oxygens (including phenoxy) is 1. The smallest absolute Gasteiger partial charge is 0.344 e. The van der Waals surface area contributed by atoms with Crippen molar-refractivity contribution in [3.8, 4) is 0 Å². The first kappa shape index (κ1) is 14.3. The SMILES string of the molecule is CCOC(=O)c1c(N)nsc1NCc1ccc(C)cc1. The molecule has 6 heteroatoms. The van der Waals surface area contributed by atoms with Gasteiger partial charge in [0.15, 0.2) is 5.82 Å². The number of nitrogens with one attached hydrogen (secondary N) is 1. The van der Waals surface area contributed by atoms with E-state index in [0.717, 1.165) is 5.56 Å². The number of benzene rings is 1. The van der Waals surface area contributed by atoms with Gasteiger partial charge in [0.2, 0.25) is 0 Å². The highest BCUT2D eigenvalue weighted by Crippen LogP contribution is 2.28. The van der Waals surface area contributed by atoms with Gasteiger partial charge in [0.05, 0.1) is 6.61 Å². The van der Waals surface area contributed by atoms with Crippen molar-refractivity contribution in [2.24, 2.45) is 0 Å². The first-order valence-electron chi connectivity index (χ1n) is 6.33. The second-order valence-electron chi connectivity index (χ2n) is 4.33. The van der Waals surface area contributed by atoms with E-state index < -0.39 is 5.97 Å². The lowest BCUT2D eigenvalue weighted by Gasteiger charge is -2.07. The number of nitrogens with zero attached hydrogens (tertiary/aromatic N) is 1. The minimum absolute atomic E-state index is 0.208. The van der Waals surface area contributed by atoms with E-state index in [0.29, 0.717) is 23.7 Å². The molecule has 0 spiro atoms. The molecule has 5 nitrogen and oxygen atoms in total. The van der Waals surface area contributed by atoms with E-state index in [1.807, 2.05) is 31.2 Å². The van der Waals surface area contributed by atoms with Crippen LogP contribution in [0.3, 0.4) is 0 Å². The molecule has 0 radical (unpaired) electrons. The summed E-state index contributed by atoms with van der Waals surface area (Å²) in [7, 11) is 0. The second-order valence-corrected chi connectivity index (χ2v) is 5.10. The van der Waals surface area contributed by atoms with Gasteiger partial charge in [-0.05, 0) is 30.9 Å². The average molecular weight is 291 g/mol. The van der Waals surface area contributed by atoms with E-state index in [-0.39, 0.29) is 5.82 Å². The maximum Gasteiger partial charge on any atom is 0.344 e. The van der Waals surface area contributed by atoms with Crippen LogP contribution >= 0.6 is 11.5 Å². The van der Waals surface area contributed by atoms with Crippen LogP contribution in [0, 0.1) is 6.92 Å². The van der Waals surface area contributed by atoms with Gasteiger partial charge in [0, 0.05) is 6.54 Å². The number of nitrogen functional groups attached to an aromatic ring is 1. The highest BCUT2D eigenvalue weighted by Gasteiger charge is 2.20. The monoisotopic (exact) mass is 291 g/mol. The molecule has 0 aliphatic rings. The van der Waals surface area contributed by atoms with Crippen molar-refractivity contribution in [3.05, 3.63) is 41.0 Å². The highest BCUT2D eigenvalue weighted by molar-refractivity contribution is 7.11. The quantitative estimate of drug-likeness (QED) is 0.828. The molecule has 3 N–H and O–H groups in total. The van der Waals surface area contributed by atoms with Crippen molar-refractivity contribution in [3.63, 3.8) is 0 Å². The third kappa shape index (κ3) is 3.27. The number of anilines is 2. The third-order valence-corrected chi connectivity index (χ3v) is 3.59. The Morgan fingerprint density at radius 1 is 1.40 bits per heavy atom. The molecule has 0 saturated carbocycles. The second kappa shape index (κ2) is 6.38. The summed E-state index contributed by atoms with van der Waals surface area (Å²) in [6.45, 7) is 4.72. The molecule has 0 atom stereocenters. The van der Waals surface area contributed by atoms with E-state index in [1.54, 1.807) is 6.92 Å².